The van der Waals surface area contributed by atoms with Gasteiger partial charge in [-0.2, -0.15) is 0 Å². The average molecular weight is 446 g/mol. The van der Waals surface area contributed by atoms with E-state index in [1.54, 1.807) is 43.5 Å². The van der Waals surface area contributed by atoms with Crippen molar-refractivity contribution >= 4 is 35.0 Å². The molecular weight excluding hydrogens is 418 g/mol. The number of hydrogen-bond acceptors (Lipinski definition) is 4. The summed E-state index contributed by atoms with van der Waals surface area (Å²) in [6.45, 7) is 4.61. The lowest BCUT2D eigenvalue weighted by Crippen LogP contribution is -2.47. The number of ether oxygens (including phenoxy) is 1. The van der Waals surface area contributed by atoms with E-state index in [0.717, 1.165) is 0 Å². The lowest BCUT2D eigenvalue weighted by atomic mass is 9.97. The van der Waals surface area contributed by atoms with E-state index >= 15 is 0 Å². The van der Waals surface area contributed by atoms with Gasteiger partial charge in [0.2, 0.25) is 5.91 Å². The third-order valence-electron chi connectivity index (χ3n) is 4.89. The molecule has 0 spiro atoms. The van der Waals surface area contributed by atoms with E-state index in [1.165, 1.54) is 6.07 Å². The molecule has 0 radical (unpaired) electrons. The largest absolute Gasteiger partial charge is 0.383 e. The number of nitrogens with one attached hydrogen (secondary N) is 3. The molecule has 0 saturated heterocycles. The van der Waals surface area contributed by atoms with Crippen molar-refractivity contribution in [1.82, 2.24) is 10.6 Å². The molecule has 2 atom stereocenters. The van der Waals surface area contributed by atoms with Crippen molar-refractivity contribution in [3.63, 3.8) is 0 Å². The van der Waals surface area contributed by atoms with Gasteiger partial charge in [-0.05, 0) is 36.2 Å². The summed E-state index contributed by atoms with van der Waals surface area (Å²) in [7, 11) is 1.55. The Labute approximate surface area is 187 Å². The Hall–Kier alpha value is -2.90. The summed E-state index contributed by atoms with van der Waals surface area (Å²) in [5, 5.41) is 8.51. The number of anilines is 1. The van der Waals surface area contributed by atoms with Gasteiger partial charge < -0.3 is 20.7 Å². The van der Waals surface area contributed by atoms with Crippen LogP contribution in [-0.4, -0.2) is 44.0 Å². The van der Waals surface area contributed by atoms with Gasteiger partial charge in [0.1, 0.15) is 6.04 Å². The standard InChI is InChI=1S/C23H28ClN3O4/c1-4-15(2)20(27-21(28)16-8-6-5-7-9-16)23(30)26-17-10-11-18(19(24)14-17)22(29)25-12-13-31-3/h5-11,14-15,20H,4,12-13H2,1-3H3,(H,25,29)(H,26,30)(H,27,28). The average Bonchev–Trinajstić information content (AvgIpc) is 2.77. The van der Waals surface area contributed by atoms with Gasteiger partial charge in [0.05, 0.1) is 17.2 Å². The third-order valence-corrected chi connectivity index (χ3v) is 5.20. The van der Waals surface area contributed by atoms with Gasteiger partial charge in [-0.3, -0.25) is 14.4 Å². The summed E-state index contributed by atoms with van der Waals surface area (Å²) < 4.78 is 4.90. The van der Waals surface area contributed by atoms with Crippen molar-refractivity contribution in [2.45, 2.75) is 26.3 Å². The zero-order valence-corrected chi connectivity index (χ0v) is 18.7. The maximum absolute atomic E-state index is 12.9. The SMILES string of the molecule is CCC(C)C(NC(=O)c1ccccc1)C(=O)Nc1ccc(C(=O)NCCOC)c(Cl)c1. The molecule has 0 bridgehead atoms. The molecule has 2 aromatic carbocycles. The van der Waals surface area contributed by atoms with Crippen LogP contribution in [0.1, 0.15) is 41.0 Å². The molecule has 2 unspecified atom stereocenters. The van der Waals surface area contributed by atoms with Crippen LogP contribution in [0.5, 0.6) is 0 Å². The fourth-order valence-electron chi connectivity index (χ4n) is 2.87. The van der Waals surface area contributed by atoms with Crippen LogP contribution >= 0.6 is 11.6 Å². The highest BCUT2D eigenvalue weighted by molar-refractivity contribution is 6.34. The maximum atomic E-state index is 12.9. The second kappa shape index (κ2) is 12.1. The molecule has 0 aliphatic rings. The minimum absolute atomic E-state index is 0.0889. The van der Waals surface area contributed by atoms with Gasteiger partial charge in [-0.15, -0.1) is 0 Å². The quantitative estimate of drug-likeness (QED) is 0.487. The van der Waals surface area contributed by atoms with Gasteiger partial charge in [0.25, 0.3) is 11.8 Å². The molecule has 0 heterocycles. The first-order valence-electron chi connectivity index (χ1n) is 10.1. The maximum Gasteiger partial charge on any atom is 0.252 e. The van der Waals surface area contributed by atoms with Crippen LogP contribution in [0, 0.1) is 5.92 Å². The van der Waals surface area contributed by atoms with E-state index in [2.05, 4.69) is 16.0 Å². The summed E-state index contributed by atoms with van der Waals surface area (Å²) in [5.41, 5.74) is 1.22. The first kappa shape index (κ1) is 24.4. The predicted molar refractivity (Wildman–Crippen MR) is 121 cm³/mol. The van der Waals surface area contributed by atoms with Gasteiger partial charge in [0, 0.05) is 24.9 Å². The molecule has 0 aromatic heterocycles. The molecule has 2 aromatic rings. The van der Waals surface area contributed by atoms with Crippen molar-refractivity contribution in [2.75, 3.05) is 25.6 Å². The van der Waals surface area contributed by atoms with E-state index < -0.39 is 6.04 Å². The Balaban J connectivity index is 2.09. The zero-order chi connectivity index (χ0) is 22.8. The molecule has 3 N–H and O–H groups in total. The summed E-state index contributed by atoms with van der Waals surface area (Å²) >= 11 is 6.24. The highest BCUT2D eigenvalue weighted by Gasteiger charge is 2.26. The van der Waals surface area contributed by atoms with Crippen molar-refractivity contribution in [3.05, 3.63) is 64.7 Å². The Morgan fingerprint density at radius 3 is 2.39 bits per heavy atom. The first-order chi connectivity index (χ1) is 14.9. The summed E-state index contributed by atoms with van der Waals surface area (Å²) in [4.78, 5) is 37.7. The second-order valence-corrected chi connectivity index (χ2v) is 7.54. The van der Waals surface area contributed by atoms with Gasteiger partial charge in [-0.1, -0.05) is 50.1 Å². The molecular formula is C23H28ClN3O4. The summed E-state index contributed by atoms with van der Waals surface area (Å²) in [6, 6.07) is 12.7. The Bertz CT molecular complexity index is 905. The van der Waals surface area contributed by atoms with E-state index in [9.17, 15) is 14.4 Å². The molecule has 0 saturated carbocycles. The molecule has 2 rings (SSSR count). The molecule has 0 aliphatic carbocycles. The molecule has 8 heteroatoms. The Morgan fingerprint density at radius 2 is 1.77 bits per heavy atom. The lowest BCUT2D eigenvalue weighted by molar-refractivity contribution is -0.119. The van der Waals surface area contributed by atoms with E-state index in [4.69, 9.17) is 16.3 Å². The van der Waals surface area contributed by atoms with Crippen molar-refractivity contribution in [1.29, 1.82) is 0 Å². The highest BCUT2D eigenvalue weighted by Crippen LogP contribution is 2.22. The van der Waals surface area contributed by atoms with E-state index in [1.807, 2.05) is 19.9 Å². The molecule has 0 fully saturated rings. The number of hydrogen-bond donors (Lipinski definition) is 3. The van der Waals surface area contributed by atoms with Crippen molar-refractivity contribution < 1.29 is 19.1 Å². The smallest absolute Gasteiger partial charge is 0.252 e. The minimum Gasteiger partial charge on any atom is -0.383 e. The zero-order valence-electron chi connectivity index (χ0n) is 17.9. The fraction of sp³-hybridized carbons (Fsp3) is 0.348. The normalized spacial score (nSPS) is 12.5. The topological polar surface area (TPSA) is 96.5 Å². The number of rotatable bonds is 10. The van der Waals surface area contributed by atoms with Crippen molar-refractivity contribution in [3.8, 4) is 0 Å². The van der Waals surface area contributed by atoms with Crippen LogP contribution in [0.2, 0.25) is 5.02 Å². The number of carbonyl (C=O) groups excluding carboxylic acids is 3. The van der Waals surface area contributed by atoms with Crippen LogP contribution in [0.15, 0.2) is 48.5 Å². The van der Waals surface area contributed by atoms with Crippen LogP contribution in [0.4, 0.5) is 5.69 Å². The molecule has 7 nitrogen and oxygen atoms in total. The minimum atomic E-state index is -0.728. The van der Waals surface area contributed by atoms with Gasteiger partial charge in [0.15, 0.2) is 0 Å². The number of benzene rings is 2. The van der Waals surface area contributed by atoms with Crippen LogP contribution in [0.25, 0.3) is 0 Å². The third kappa shape index (κ3) is 7.08. The van der Waals surface area contributed by atoms with Crippen LogP contribution < -0.4 is 16.0 Å². The number of amides is 3. The van der Waals surface area contributed by atoms with Gasteiger partial charge in [-0.25, -0.2) is 0 Å². The van der Waals surface area contributed by atoms with Crippen LogP contribution in [0.3, 0.4) is 0 Å². The second-order valence-electron chi connectivity index (χ2n) is 7.14. The predicted octanol–water partition coefficient (Wildman–Crippen LogP) is 3.50. The Kier molecular flexibility index (Phi) is 9.49. The molecule has 3 amide bonds. The van der Waals surface area contributed by atoms with Crippen LogP contribution in [-0.2, 0) is 9.53 Å². The molecule has 166 valence electrons. The molecule has 0 aliphatic heterocycles. The summed E-state index contributed by atoms with van der Waals surface area (Å²) in [6.07, 6.45) is 0.703. The molecule has 31 heavy (non-hydrogen) atoms. The number of halogens is 1. The number of carbonyl (C=O) groups is 3. The monoisotopic (exact) mass is 445 g/mol. The van der Waals surface area contributed by atoms with Crippen molar-refractivity contribution in [2.24, 2.45) is 5.92 Å². The highest BCUT2D eigenvalue weighted by atomic mass is 35.5. The summed E-state index contributed by atoms with van der Waals surface area (Å²) in [5.74, 6) is -1.09. The van der Waals surface area contributed by atoms with Gasteiger partial charge >= 0.3 is 0 Å². The lowest BCUT2D eigenvalue weighted by Gasteiger charge is -2.23. The van der Waals surface area contributed by atoms with E-state index in [-0.39, 0.29) is 28.7 Å². The fourth-order valence-corrected chi connectivity index (χ4v) is 3.14. The Morgan fingerprint density at radius 1 is 1.06 bits per heavy atom. The first-order valence-corrected chi connectivity index (χ1v) is 10.5. The van der Waals surface area contributed by atoms with E-state index in [0.29, 0.717) is 36.4 Å². The number of methoxy groups -OCH3 is 1.